The van der Waals surface area contributed by atoms with Crippen molar-refractivity contribution in [3.05, 3.63) is 35.5 Å². The molecule has 2 heterocycles. The van der Waals surface area contributed by atoms with E-state index in [1.807, 2.05) is 6.92 Å². The summed E-state index contributed by atoms with van der Waals surface area (Å²) < 4.78 is 38.0. The highest BCUT2D eigenvalue weighted by Gasteiger charge is 2.27. The van der Waals surface area contributed by atoms with Crippen LogP contribution in [0.4, 0.5) is 5.69 Å². The van der Waals surface area contributed by atoms with Crippen LogP contribution in [0.15, 0.2) is 27.5 Å². The normalized spacial score (nSPS) is 14.5. The fraction of sp³-hybridized carbons (Fsp3) is 0.550. The zero-order chi connectivity index (χ0) is 21.7. The van der Waals surface area contributed by atoms with Crippen molar-refractivity contribution in [2.45, 2.75) is 51.5 Å². The zero-order valence-corrected chi connectivity index (χ0v) is 18.4. The Bertz CT molecular complexity index is 979. The SMILES string of the molecule is CCc1nnc(COC(=O)c2cc(S(=O)(=O)N(CC)CC)ccc2N2CCCC2)o1. The number of sulfonamides is 1. The Hall–Kier alpha value is -2.46. The molecular weight excluding hydrogens is 408 g/mol. The van der Waals surface area contributed by atoms with E-state index < -0.39 is 16.0 Å². The molecule has 0 atom stereocenters. The second kappa shape index (κ2) is 9.57. The molecule has 0 saturated carbocycles. The molecule has 0 spiro atoms. The number of rotatable bonds is 9. The van der Waals surface area contributed by atoms with Crippen LogP contribution in [0.25, 0.3) is 0 Å². The van der Waals surface area contributed by atoms with Crippen LogP contribution in [0.3, 0.4) is 0 Å². The average molecular weight is 437 g/mol. The maximum Gasteiger partial charge on any atom is 0.340 e. The monoisotopic (exact) mass is 436 g/mol. The van der Waals surface area contributed by atoms with Crippen molar-refractivity contribution in [1.29, 1.82) is 0 Å². The number of carbonyl (C=O) groups is 1. The molecule has 10 heteroatoms. The molecule has 3 rings (SSSR count). The summed E-state index contributed by atoms with van der Waals surface area (Å²) in [5, 5.41) is 7.70. The summed E-state index contributed by atoms with van der Waals surface area (Å²) in [6.07, 6.45) is 2.64. The van der Waals surface area contributed by atoms with E-state index in [4.69, 9.17) is 9.15 Å². The number of carbonyl (C=O) groups excluding carboxylic acids is 1. The molecule has 2 aromatic rings. The van der Waals surface area contributed by atoms with Crippen molar-refractivity contribution in [1.82, 2.24) is 14.5 Å². The number of anilines is 1. The summed E-state index contributed by atoms with van der Waals surface area (Å²) in [6.45, 7) is 7.60. The van der Waals surface area contributed by atoms with Crippen molar-refractivity contribution in [3.8, 4) is 0 Å². The number of hydrogen-bond donors (Lipinski definition) is 0. The lowest BCUT2D eigenvalue weighted by Crippen LogP contribution is -2.31. The van der Waals surface area contributed by atoms with Gasteiger partial charge in [-0.2, -0.15) is 4.31 Å². The molecule has 9 nitrogen and oxygen atoms in total. The third kappa shape index (κ3) is 4.65. The van der Waals surface area contributed by atoms with Gasteiger partial charge in [-0.25, -0.2) is 13.2 Å². The molecule has 0 bridgehead atoms. The fourth-order valence-corrected chi connectivity index (χ4v) is 4.96. The molecule has 0 radical (unpaired) electrons. The Morgan fingerprint density at radius 2 is 1.80 bits per heavy atom. The topological polar surface area (TPSA) is 106 Å². The van der Waals surface area contributed by atoms with E-state index in [0.29, 0.717) is 31.1 Å². The summed E-state index contributed by atoms with van der Waals surface area (Å²) in [7, 11) is -3.70. The number of aryl methyl sites for hydroxylation is 1. The molecular formula is C20H28N4O5S. The Kier molecular flexibility index (Phi) is 7.09. The van der Waals surface area contributed by atoms with E-state index in [1.165, 1.54) is 10.4 Å². The van der Waals surface area contributed by atoms with Gasteiger partial charge in [0.15, 0.2) is 6.61 Å². The minimum Gasteiger partial charge on any atom is -0.452 e. The van der Waals surface area contributed by atoms with Gasteiger partial charge in [0.05, 0.1) is 16.1 Å². The van der Waals surface area contributed by atoms with Gasteiger partial charge in [0.2, 0.25) is 15.9 Å². The van der Waals surface area contributed by atoms with Crippen LogP contribution in [-0.2, 0) is 27.8 Å². The highest BCUT2D eigenvalue weighted by atomic mass is 32.2. The van der Waals surface area contributed by atoms with E-state index in [9.17, 15) is 13.2 Å². The van der Waals surface area contributed by atoms with Crippen molar-refractivity contribution >= 4 is 21.7 Å². The first-order chi connectivity index (χ1) is 14.4. The third-order valence-corrected chi connectivity index (χ3v) is 7.16. The summed E-state index contributed by atoms with van der Waals surface area (Å²) in [4.78, 5) is 15.1. The van der Waals surface area contributed by atoms with Gasteiger partial charge in [-0.1, -0.05) is 20.8 Å². The highest BCUT2D eigenvalue weighted by Crippen LogP contribution is 2.29. The van der Waals surface area contributed by atoms with Gasteiger partial charge in [-0.3, -0.25) is 0 Å². The van der Waals surface area contributed by atoms with Gasteiger partial charge in [-0.15, -0.1) is 10.2 Å². The van der Waals surface area contributed by atoms with Crippen LogP contribution in [0.2, 0.25) is 0 Å². The molecule has 0 N–H and O–H groups in total. The second-order valence-corrected chi connectivity index (χ2v) is 8.92. The van der Waals surface area contributed by atoms with Crippen LogP contribution in [0.5, 0.6) is 0 Å². The molecule has 0 aliphatic carbocycles. The molecule has 0 unspecified atom stereocenters. The number of ether oxygens (including phenoxy) is 1. The molecule has 1 aliphatic rings. The summed E-state index contributed by atoms with van der Waals surface area (Å²) >= 11 is 0. The zero-order valence-electron chi connectivity index (χ0n) is 17.6. The van der Waals surface area contributed by atoms with Gasteiger partial charge in [0, 0.05) is 32.6 Å². The minimum absolute atomic E-state index is 0.0761. The molecule has 1 aromatic heterocycles. The lowest BCUT2D eigenvalue weighted by atomic mass is 10.1. The molecule has 1 fully saturated rings. The first kappa shape index (κ1) is 22.2. The minimum atomic E-state index is -3.70. The van der Waals surface area contributed by atoms with Crippen molar-refractivity contribution in [2.24, 2.45) is 0 Å². The number of esters is 1. The highest BCUT2D eigenvalue weighted by molar-refractivity contribution is 7.89. The second-order valence-electron chi connectivity index (χ2n) is 6.98. The van der Waals surface area contributed by atoms with Crippen molar-refractivity contribution in [3.63, 3.8) is 0 Å². The molecule has 30 heavy (non-hydrogen) atoms. The molecule has 164 valence electrons. The van der Waals surface area contributed by atoms with E-state index in [1.54, 1.807) is 26.0 Å². The predicted molar refractivity (Wildman–Crippen MR) is 111 cm³/mol. The summed E-state index contributed by atoms with van der Waals surface area (Å²) in [5.41, 5.74) is 0.899. The number of nitrogens with zero attached hydrogens (tertiary/aromatic N) is 4. The first-order valence-corrected chi connectivity index (χ1v) is 11.7. The Labute approximate surface area is 177 Å². The lowest BCUT2D eigenvalue weighted by Gasteiger charge is -2.23. The van der Waals surface area contributed by atoms with Crippen LogP contribution in [0.1, 0.15) is 55.8 Å². The van der Waals surface area contributed by atoms with Gasteiger partial charge in [-0.05, 0) is 31.0 Å². The van der Waals surface area contributed by atoms with Gasteiger partial charge < -0.3 is 14.1 Å². The number of benzene rings is 1. The smallest absolute Gasteiger partial charge is 0.340 e. The molecule has 0 amide bonds. The number of hydrogen-bond acceptors (Lipinski definition) is 8. The van der Waals surface area contributed by atoms with Crippen molar-refractivity contribution in [2.75, 3.05) is 31.1 Å². The largest absolute Gasteiger partial charge is 0.452 e. The fourth-order valence-electron chi connectivity index (χ4n) is 3.48. The van der Waals surface area contributed by atoms with Crippen LogP contribution in [0, 0.1) is 0 Å². The molecule has 1 aromatic carbocycles. The Balaban J connectivity index is 1.91. The standard InChI is InChI=1S/C20H28N4O5S/c1-4-18-21-22-19(29-18)14-28-20(25)16-13-15(30(26,27)24(5-2)6-3)9-10-17(16)23-11-7-8-12-23/h9-10,13H,4-8,11-12,14H2,1-3H3. The lowest BCUT2D eigenvalue weighted by molar-refractivity contribution is 0.0437. The van der Waals surface area contributed by atoms with Crippen LogP contribution in [-0.4, -0.2) is 55.1 Å². The van der Waals surface area contributed by atoms with E-state index >= 15 is 0 Å². The van der Waals surface area contributed by atoms with Gasteiger partial charge >= 0.3 is 5.97 Å². The van der Waals surface area contributed by atoms with E-state index in [0.717, 1.165) is 25.9 Å². The summed E-state index contributed by atoms with van der Waals surface area (Å²) in [6, 6.07) is 4.67. The van der Waals surface area contributed by atoms with Crippen LogP contribution >= 0.6 is 0 Å². The van der Waals surface area contributed by atoms with Crippen LogP contribution < -0.4 is 4.90 Å². The molecule has 1 aliphatic heterocycles. The first-order valence-electron chi connectivity index (χ1n) is 10.3. The van der Waals surface area contributed by atoms with Crippen molar-refractivity contribution < 1.29 is 22.4 Å². The molecule has 1 saturated heterocycles. The number of aromatic nitrogens is 2. The maximum atomic E-state index is 12.9. The third-order valence-electron chi connectivity index (χ3n) is 5.12. The summed E-state index contributed by atoms with van der Waals surface area (Å²) in [5.74, 6) is 0.0469. The van der Waals surface area contributed by atoms with E-state index in [-0.39, 0.29) is 23.0 Å². The Morgan fingerprint density at radius 1 is 1.13 bits per heavy atom. The predicted octanol–water partition coefficient (Wildman–Crippen LogP) is 2.62. The van der Waals surface area contributed by atoms with E-state index in [2.05, 4.69) is 15.1 Å². The van der Waals surface area contributed by atoms with Gasteiger partial charge in [0.25, 0.3) is 5.89 Å². The average Bonchev–Trinajstić information content (AvgIpc) is 3.44. The quantitative estimate of drug-likeness (QED) is 0.552. The maximum absolute atomic E-state index is 12.9. The van der Waals surface area contributed by atoms with Gasteiger partial charge in [0.1, 0.15) is 0 Å². The Morgan fingerprint density at radius 3 is 2.40 bits per heavy atom.